The van der Waals surface area contributed by atoms with Gasteiger partial charge in [0.25, 0.3) is 5.91 Å². The van der Waals surface area contributed by atoms with E-state index in [1.165, 1.54) is 0 Å². The van der Waals surface area contributed by atoms with E-state index in [1.54, 1.807) is 16.9 Å². The number of nitrogens with zero attached hydrogens (tertiary/aromatic N) is 5. The summed E-state index contributed by atoms with van der Waals surface area (Å²) in [5.74, 6) is 0.282. The first-order valence-corrected chi connectivity index (χ1v) is 7.57. The third kappa shape index (κ3) is 2.13. The van der Waals surface area contributed by atoms with Gasteiger partial charge in [-0.2, -0.15) is 5.10 Å². The van der Waals surface area contributed by atoms with E-state index in [0.717, 1.165) is 22.1 Å². The molecule has 0 aliphatic heterocycles. The summed E-state index contributed by atoms with van der Waals surface area (Å²) in [6.45, 7) is 1.86. The van der Waals surface area contributed by atoms with Gasteiger partial charge in [-0.05, 0) is 25.1 Å². The zero-order valence-corrected chi connectivity index (χ0v) is 13.6. The molecule has 3 heterocycles. The monoisotopic (exact) mass is 320 g/mol. The summed E-state index contributed by atoms with van der Waals surface area (Å²) in [6.07, 6.45) is 1.66. The number of aromatic nitrogens is 5. The smallest absolute Gasteiger partial charge is 0.258 e. The third-order valence-corrected chi connectivity index (χ3v) is 4.09. The predicted octanol–water partition coefficient (Wildman–Crippen LogP) is 2.42. The van der Waals surface area contributed by atoms with Gasteiger partial charge in [0.15, 0.2) is 5.65 Å². The van der Waals surface area contributed by atoms with Crippen molar-refractivity contribution >= 4 is 33.9 Å². The first-order valence-electron chi connectivity index (χ1n) is 7.57. The number of anilines is 1. The molecule has 1 N–H and O–H groups in total. The second-order valence-electron chi connectivity index (χ2n) is 5.75. The molecule has 0 unspecified atom stereocenters. The van der Waals surface area contributed by atoms with Gasteiger partial charge in [0.2, 0.25) is 5.95 Å². The van der Waals surface area contributed by atoms with Crippen molar-refractivity contribution in [1.82, 2.24) is 24.3 Å². The Balaban J connectivity index is 1.78. The summed E-state index contributed by atoms with van der Waals surface area (Å²) >= 11 is 0. The maximum absolute atomic E-state index is 12.8. The van der Waals surface area contributed by atoms with Gasteiger partial charge in [-0.1, -0.05) is 12.1 Å². The van der Waals surface area contributed by atoms with E-state index in [0.29, 0.717) is 17.2 Å². The molecule has 0 aliphatic carbocycles. The highest BCUT2D eigenvalue weighted by molar-refractivity contribution is 6.11. The fourth-order valence-electron chi connectivity index (χ4n) is 2.85. The maximum atomic E-state index is 12.8. The lowest BCUT2D eigenvalue weighted by molar-refractivity contribution is 0.102. The van der Waals surface area contributed by atoms with Crippen LogP contribution in [0.4, 0.5) is 5.95 Å². The number of nitrogens with one attached hydrogen (secondary N) is 1. The SMILES string of the molecule is Cc1cc(C(=O)Nc2nc3ccccc3n2C)c2cnn(C)c2n1. The lowest BCUT2D eigenvalue weighted by Gasteiger charge is -2.07. The van der Waals surface area contributed by atoms with Crippen LogP contribution in [-0.2, 0) is 14.1 Å². The van der Waals surface area contributed by atoms with Crippen molar-refractivity contribution in [3.05, 3.63) is 47.8 Å². The van der Waals surface area contributed by atoms with Crippen LogP contribution in [0.2, 0.25) is 0 Å². The molecule has 0 radical (unpaired) electrons. The van der Waals surface area contributed by atoms with Gasteiger partial charge in [-0.15, -0.1) is 0 Å². The molecule has 7 heteroatoms. The lowest BCUT2D eigenvalue weighted by atomic mass is 10.1. The number of aryl methyl sites for hydroxylation is 3. The number of benzene rings is 1. The minimum absolute atomic E-state index is 0.225. The molecule has 0 atom stereocenters. The van der Waals surface area contributed by atoms with E-state index in [1.807, 2.05) is 49.9 Å². The molecular weight excluding hydrogens is 304 g/mol. The summed E-state index contributed by atoms with van der Waals surface area (Å²) < 4.78 is 3.52. The number of carbonyl (C=O) groups excluding carboxylic acids is 1. The second-order valence-corrected chi connectivity index (χ2v) is 5.75. The number of carbonyl (C=O) groups is 1. The van der Waals surface area contributed by atoms with Crippen LogP contribution in [0.5, 0.6) is 0 Å². The Kier molecular flexibility index (Phi) is 3.09. The standard InChI is InChI=1S/C17H16N6O/c1-10-8-11(12-9-18-23(3)15(12)19-10)16(24)21-17-20-13-6-4-5-7-14(13)22(17)2/h4-9H,1-3H3,(H,20,21,24). The van der Waals surface area contributed by atoms with Crippen LogP contribution in [0.3, 0.4) is 0 Å². The van der Waals surface area contributed by atoms with Gasteiger partial charge >= 0.3 is 0 Å². The normalized spacial score (nSPS) is 11.3. The minimum Gasteiger partial charge on any atom is -0.313 e. The Morgan fingerprint density at radius 3 is 2.75 bits per heavy atom. The van der Waals surface area contributed by atoms with Crippen LogP contribution < -0.4 is 5.32 Å². The topological polar surface area (TPSA) is 77.6 Å². The molecule has 0 saturated carbocycles. The second kappa shape index (κ2) is 5.16. The number of para-hydroxylation sites is 2. The van der Waals surface area contributed by atoms with Crippen LogP contribution >= 0.6 is 0 Å². The first-order chi connectivity index (χ1) is 11.5. The van der Waals surface area contributed by atoms with Crippen molar-refractivity contribution in [2.45, 2.75) is 6.92 Å². The van der Waals surface area contributed by atoms with Gasteiger partial charge in [0.05, 0.1) is 28.2 Å². The van der Waals surface area contributed by atoms with Crippen molar-refractivity contribution in [3.63, 3.8) is 0 Å². The third-order valence-electron chi connectivity index (χ3n) is 4.09. The highest BCUT2D eigenvalue weighted by Crippen LogP contribution is 2.21. The van der Waals surface area contributed by atoms with Crippen molar-refractivity contribution in [3.8, 4) is 0 Å². The van der Waals surface area contributed by atoms with E-state index >= 15 is 0 Å². The summed E-state index contributed by atoms with van der Waals surface area (Å²) in [4.78, 5) is 21.7. The number of pyridine rings is 1. The summed E-state index contributed by atoms with van der Waals surface area (Å²) in [5, 5.41) is 7.81. The van der Waals surface area contributed by atoms with Crippen LogP contribution in [-0.4, -0.2) is 30.2 Å². The fraction of sp³-hybridized carbons (Fsp3) is 0.176. The molecule has 1 amide bonds. The van der Waals surface area contributed by atoms with Crippen LogP contribution in [0.15, 0.2) is 36.5 Å². The number of imidazole rings is 1. The molecule has 4 aromatic rings. The van der Waals surface area contributed by atoms with Crippen molar-refractivity contribution in [1.29, 1.82) is 0 Å². The zero-order chi connectivity index (χ0) is 16.8. The Morgan fingerprint density at radius 2 is 1.96 bits per heavy atom. The van der Waals surface area contributed by atoms with Crippen molar-refractivity contribution in [2.24, 2.45) is 14.1 Å². The van der Waals surface area contributed by atoms with Gasteiger partial charge in [0.1, 0.15) is 0 Å². The highest BCUT2D eigenvalue weighted by Gasteiger charge is 2.17. The highest BCUT2D eigenvalue weighted by atomic mass is 16.1. The van der Waals surface area contributed by atoms with Gasteiger partial charge in [0, 0.05) is 19.8 Å². The fourth-order valence-corrected chi connectivity index (χ4v) is 2.85. The minimum atomic E-state index is -0.225. The van der Waals surface area contributed by atoms with E-state index in [-0.39, 0.29) is 5.91 Å². The van der Waals surface area contributed by atoms with Gasteiger partial charge < -0.3 is 4.57 Å². The average molecular weight is 320 g/mol. The predicted molar refractivity (Wildman–Crippen MR) is 91.9 cm³/mol. The van der Waals surface area contributed by atoms with E-state index in [4.69, 9.17) is 0 Å². The Hall–Kier alpha value is -3.22. The molecule has 0 bridgehead atoms. The molecule has 0 spiro atoms. The summed E-state index contributed by atoms with van der Waals surface area (Å²) in [5.41, 5.74) is 3.79. The summed E-state index contributed by atoms with van der Waals surface area (Å²) in [7, 11) is 3.68. The Bertz CT molecular complexity index is 1090. The maximum Gasteiger partial charge on any atom is 0.258 e. The van der Waals surface area contributed by atoms with Crippen LogP contribution in [0.1, 0.15) is 16.1 Å². The Morgan fingerprint density at radius 1 is 1.17 bits per heavy atom. The summed E-state index contributed by atoms with van der Waals surface area (Å²) in [6, 6.07) is 9.52. The molecule has 24 heavy (non-hydrogen) atoms. The molecule has 1 aromatic carbocycles. The van der Waals surface area contributed by atoms with Crippen LogP contribution in [0, 0.1) is 6.92 Å². The van der Waals surface area contributed by atoms with E-state index < -0.39 is 0 Å². The molecule has 7 nitrogen and oxygen atoms in total. The molecule has 4 rings (SSSR count). The van der Waals surface area contributed by atoms with E-state index in [9.17, 15) is 4.79 Å². The number of rotatable bonds is 2. The van der Waals surface area contributed by atoms with Crippen LogP contribution in [0.25, 0.3) is 22.1 Å². The molecule has 3 aromatic heterocycles. The largest absolute Gasteiger partial charge is 0.313 e. The molecule has 0 saturated heterocycles. The number of hydrogen-bond acceptors (Lipinski definition) is 4. The average Bonchev–Trinajstić information content (AvgIpc) is 3.08. The first kappa shape index (κ1) is 14.4. The molecule has 0 fully saturated rings. The number of amides is 1. The zero-order valence-electron chi connectivity index (χ0n) is 13.6. The number of hydrogen-bond donors (Lipinski definition) is 1. The molecular formula is C17H16N6O. The van der Waals surface area contributed by atoms with Crippen molar-refractivity contribution in [2.75, 3.05) is 5.32 Å². The molecule has 120 valence electrons. The van der Waals surface area contributed by atoms with Crippen molar-refractivity contribution < 1.29 is 4.79 Å². The lowest BCUT2D eigenvalue weighted by Crippen LogP contribution is -2.16. The molecule has 0 aliphatic rings. The quantitative estimate of drug-likeness (QED) is 0.615. The van der Waals surface area contributed by atoms with E-state index in [2.05, 4.69) is 20.4 Å². The number of fused-ring (bicyclic) bond motifs is 2. The Labute approximate surface area is 137 Å². The van der Waals surface area contributed by atoms with Gasteiger partial charge in [-0.3, -0.25) is 14.8 Å². The van der Waals surface area contributed by atoms with Gasteiger partial charge in [-0.25, -0.2) is 9.97 Å².